The number of fused-ring (bicyclic) bond motifs is 1. The zero-order valence-electron chi connectivity index (χ0n) is 13.6. The van der Waals surface area contributed by atoms with Crippen molar-refractivity contribution in [2.45, 2.75) is 33.1 Å². The Morgan fingerprint density at radius 3 is 2.74 bits per heavy atom. The van der Waals surface area contributed by atoms with Crippen LogP contribution in [0.1, 0.15) is 33.1 Å². The first kappa shape index (κ1) is 15.7. The first-order chi connectivity index (χ1) is 11.0. The van der Waals surface area contributed by atoms with E-state index in [9.17, 15) is 9.18 Å². The summed E-state index contributed by atoms with van der Waals surface area (Å²) in [5.74, 6) is 0.597. The second kappa shape index (κ2) is 6.52. The van der Waals surface area contributed by atoms with Gasteiger partial charge in [0.2, 0.25) is 5.91 Å². The Labute approximate surface area is 135 Å². The van der Waals surface area contributed by atoms with E-state index in [-0.39, 0.29) is 11.8 Å². The van der Waals surface area contributed by atoms with E-state index < -0.39 is 5.82 Å². The maximum Gasteiger partial charge on any atom is 0.224 e. The van der Waals surface area contributed by atoms with E-state index in [4.69, 9.17) is 0 Å². The number of halogens is 1. The molecule has 122 valence electrons. The van der Waals surface area contributed by atoms with Gasteiger partial charge in [0, 0.05) is 30.6 Å². The van der Waals surface area contributed by atoms with Crippen molar-refractivity contribution in [1.29, 1.82) is 0 Å². The van der Waals surface area contributed by atoms with Crippen molar-refractivity contribution in [3.63, 3.8) is 0 Å². The summed E-state index contributed by atoms with van der Waals surface area (Å²) in [5, 5.41) is 3.46. The highest BCUT2D eigenvalue weighted by Gasteiger charge is 2.15. The SMILES string of the molecule is CC(C)CC(=O)Nc1cc(F)c2nc(N3CCCC3)ccc2c1. The Balaban J connectivity index is 1.87. The summed E-state index contributed by atoms with van der Waals surface area (Å²) in [6.07, 6.45) is 2.73. The predicted octanol–water partition coefficient (Wildman–Crippen LogP) is 3.96. The molecule has 1 aliphatic rings. The quantitative estimate of drug-likeness (QED) is 0.929. The van der Waals surface area contributed by atoms with Crippen LogP contribution in [0.3, 0.4) is 0 Å². The van der Waals surface area contributed by atoms with Crippen LogP contribution in [-0.4, -0.2) is 24.0 Å². The van der Waals surface area contributed by atoms with Crippen molar-refractivity contribution in [3.8, 4) is 0 Å². The van der Waals surface area contributed by atoms with Gasteiger partial charge in [-0.15, -0.1) is 0 Å². The van der Waals surface area contributed by atoms with Gasteiger partial charge in [-0.3, -0.25) is 4.79 Å². The molecular weight excluding hydrogens is 293 g/mol. The van der Waals surface area contributed by atoms with Gasteiger partial charge in [-0.05, 0) is 43.0 Å². The van der Waals surface area contributed by atoms with Crippen LogP contribution >= 0.6 is 0 Å². The fourth-order valence-corrected chi connectivity index (χ4v) is 2.96. The van der Waals surface area contributed by atoms with Crippen LogP contribution in [0.15, 0.2) is 24.3 Å². The van der Waals surface area contributed by atoms with Crippen molar-refractivity contribution in [2.75, 3.05) is 23.3 Å². The predicted molar refractivity (Wildman–Crippen MR) is 91.2 cm³/mol. The number of pyridine rings is 1. The van der Waals surface area contributed by atoms with E-state index in [1.165, 1.54) is 6.07 Å². The third kappa shape index (κ3) is 3.60. The second-order valence-corrected chi connectivity index (χ2v) is 6.54. The van der Waals surface area contributed by atoms with Gasteiger partial charge in [0.25, 0.3) is 0 Å². The van der Waals surface area contributed by atoms with Gasteiger partial charge in [-0.25, -0.2) is 9.37 Å². The van der Waals surface area contributed by atoms with Crippen LogP contribution in [0.2, 0.25) is 0 Å². The molecule has 0 saturated carbocycles. The third-order valence-electron chi connectivity index (χ3n) is 4.04. The summed E-state index contributed by atoms with van der Waals surface area (Å²) in [5.41, 5.74) is 0.840. The standard InChI is InChI=1S/C18H22FN3O/c1-12(2)9-17(23)20-14-10-13-5-6-16(22-7-3-4-8-22)21-18(13)15(19)11-14/h5-6,10-12H,3-4,7-9H2,1-2H3,(H,20,23). The molecule has 1 N–H and O–H groups in total. The van der Waals surface area contributed by atoms with E-state index in [1.807, 2.05) is 26.0 Å². The molecule has 1 amide bonds. The Hall–Kier alpha value is -2.17. The summed E-state index contributed by atoms with van der Waals surface area (Å²) in [4.78, 5) is 18.5. The molecule has 1 saturated heterocycles. The average molecular weight is 315 g/mol. The normalized spacial score (nSPS) is 14.7. The Morgan fingerprint density at radius 2 is 2.04 bits per heavy atom. The molecule has 3 rings (SSSR count). The molecule has 0 bridgehead atoms. The summed E-state index contributed by atoms with van der Waals surface area (Å²) in [6, 6.07) is 6.92. The van der Waals surface area contributed by atoms with Crippen molar-refractivity contribution in [1.82, 2.24) is 4.98 Å². The molecule has 4 nitrogen and oxygen atoms in total. The van der Waals surface area contributed by atoms with Crippen LogP contribution in [0.5, 0.6) is 0 Å². The fourth-order valence-electron chi connectivity index (χ4n) is 2.96. The number of aromatic nitrogens is 1. The van der Waals surface area contributed by atoms with Crippen LogP contribution in [0, 0.1) is 11.7 Å². The molecule has 0 aliphatic carbocycles. The van der Waals surface area contributed by atoms with Gasteiger partial charge in [0.15, 0.2) is 5.82 Å². The van der Waals surface area contributed by atoms with Crippen molar-refractivity contribution < 1.29 is 9.18 Å². The minimum atomic E-state index is -0.400. The maximum atomic E-state index is 14.4. The molecule has 1 fully saturated rings. The fraction of sp³-hybridized carbons (Fsp3) is 0.444. The highest BCUT2D eigenvalue weighted by atomic mass is 19.1. The molecular formula is C18H22FN3O. The summed E-state index contributed by atoms with van der Waals surface area (Å²) in [7, 11) is 0. The highest BCUT2D eigenvalue weighted by molar-refractivity contribution is 5.94. The molecule has 0 unspecified atom stereocenters. The molecule has 23 heavy (non-hydrogen) atoms. The van der Waals surface area contributed by atoms with Crippen LogP contribution in [0.4, 0.5) is 15.9 Å². The lowest BCUT2D eigenvalue weighted by Gasteiger charge is -2.17. The van der Waals surface area contributed by atoms with Gasteiger partial charge in [-0.1, -0.05) is 13.8 Å². The topological polar surface area (TPSA) is 45.2 Å². The summed E-state index contributed by atoms with van der Waals surface area (Å²) < 4.78 is 14.4. The number of nitrogens with zero attached hydrogens (tertiary/aromatic N) is 2. The van der Waals surface area contributed by atoms with Crippen LogP contribution in [0.25, 0.3) is 10.9 Å². The average Bonchev–Trinajstić information content (AvgIpc) is 3.00. The van der Waals surface area contributed by atoms with Crippen molar-refractivity contribution >= 4 is 28.3 Å². The van der Waals surface area contributed by atoms with Gasteiger partial charge in [0.1, 0.15) is 11.3 Å². The van der Waals surface area contributed by atoms with Gasteiger partial charge in [0.05, 0.1) is 0 Å². The van der Waals surface area contributed by atoms with E-state index in [2.05, 4.69) is 15.2 Å². The first-order valence-electron chi connectivity index (χ1n) is 8.18. The molecule has 0 atom stereocenters. The van der Waals surface area contributed by atoms with Crippen LogP contribution < -0.4 is 10.2 Å². The summed E-state index contributed by atoms with van der Waals surface area (Å²) in [6.45, 7) is 5.90. The zero-order chi connectivity index (χ0) is 16.4. The van der Waals surface area contributed by atoms with Gasteiger partial charge >= 0.3 is 0 Å². The summed E-state index contributed by atoms with van der Waals surface area (Å²) >= 11 is 0. The number of carbonyl (C=O) groups excluding carboxylic acids is 1. The second-order valence-electron chi connectivity index (χ2n) is 6.54. The van der Waals surface area contributed by atoms with E-state index in [1.54, 1.807) is 6.07 Å². The first-order valence-corrected chi connectivity index (χ1v) is 8.18. The number of amides is 1. The van der Waals surface area contributed by atoms with E-state index in [0.717, 1.165) is 31.7 Å². The molecule has 0 spiro atoms. The monoisotopic (exact) mass is 315 g/mol. The van der Waals surface area contributed by atoms with Gasteiger partial charge in [-0.2, -0.15) is 0 Å². The largest absolute Gasteiger partial charge is 0.357 e. The van der Waals surface area contributed by atoms with Crippen LogP contribution in [-0.2, 0) is 4.79 Å². The number of rotatable bonds is 4. The number of hydrogen-bond donors (Lipinski definition) is 1. The van der Waals surface area contributed by atoms with Gasteiger partial charge < -0.3 is 10.2 Å². The Bertz CT molecular complexity index is 724. The minimum absolute atomic E-state index is 0.0969. The van der Waals surface area contributed by atoms with Crippen molar-refractivity contribution in [3.05, 3.63) is 30.1 Å². The number of benzene rings is 1. The van der Waals surface area contributed by atoms with Crippen molar-refractivity contribution in [2.24, 2.45) is 5.92 Å². The number of nitrogens with one attached hydrogen (secondary N) is 1. The molecule has 2 aromatic rings. The molecule has 5 heteroatoms. The Morgan fingerprint density at radius 1 is 1.30 bits per heavy atom. The Kier molecular flexibility index (Phi) is 4.46. The third-order valence-corrected chi connectivity index (χ3v) is 4.04. The zero-order valence-corrected chi connectivity index (χ0v) is 13.6. The molecule has 2 heterocycles. The smallest absolute Gasteiger partial charge is 0.224 e. The number of hydrogen-bond acceptors (Lipinski definition) is 3. The highest BCUT2D eigenvalue weighted by Crippen LogP contribution is 2.26. The maximum absolute atomic E-state index is 14.4. The van der Waals surface area contributed by atoms with E-state index in [0.29, 0.717) is 23.0 Å². The molecule has 1 aromatic carbocycles. The van der Waals surface area contributed by atoms with E-state index >= 15 is 0 Å². The lowest BCUT2D eigenvalue weighted by molar-refractivity contribution is -0.116. The molecule has 1 aromatic heterocycles. The lowest BCUT2D eigenvalue weighted by atomic mass is 10.1. The number of carbonyl (C=O) groups is 1. The lowest BCUT2D eigenvalue weighted by Crippen LogP contribution is -2.19. The number of anilines is 2. The minimum Gasteiger partial charge on any atom is -0.357 e. The molecule has 1 aliphatic heterocycles. The molecule has 0 radical (unpaired) electrons.